The van der Waals surface area contributed by atoms with Gasteiger partial charge in [-0.1, -0.05) is 59.7 Å². The van der Waals surface area contributed by atoms with E-state index in [9.17, 15) is 0 Å². The highest BCUT2D eigenvalue weighted by Crippen LogP contribution is 2.15. The van der Waals surface area contributed by atoms with E-state index in [1.54, 1.807) is 6.20 Å². The number of aromatic nitrogens is 2. The molecule has 2 N–H and O–H groups in total. The van der Waals surface area contributed by atoms with Crippen LogP contribution in [0, 0.1) is 6.92 Å². The molecule has 4 nitrogen and oxygen atoms in total. The molecule has 0 saturated heterocycles. The fourth-order valence-corrected chi connectivity index (χ4v) is 1.41. The van der Waals surface area contributed by atoms with Crippen LogP contribution < -0.4 is 10.6 Å². The van der Waals surface area contributed by atoms with Crippen molar-refractivity contribution < 1.29 is 0 Å². The topological polar surface area (TPSA) is 49.8 Å². The third-order valence-corrected chi connectivity index (χ3v) is 2.24. The number of hydrogen-bond donors (Lipinski definition) is 2. The second-order valence-corrected chi connectivity index (χ2v) is 3.47. The first-order valence-electron chi connectivity index (χ1n) is 8.13. The van der Waals surface area contributed by atoms with E-state index in [0.29, 0.717) is 5.95 Å². The number of aryl methyl sites for hydroxylation is 1. The van der Waals surface area contributed by atoms with Crippen molar-refractivity contribution >= 4 is 17.5 Å². The summed E-state index contributed by atoms with van der Waals surface area (Å²) < 4.78 is 0. The van der Waals surface area contributed by atoms with Crippen molar-refractivity contribution in [3.8, 4) is 0 Å². The van der Waals surface area contributed by atoms with Crippen molar-refractivity contribution in [3.63, 3.8) is 0 Å². The van der Waals surface area contributed by atoms with Gasteiger partial charge in [0, 0.05) is 24.5 Å². The Labute approximate surface area is 136 Å². The van der Waals surface area contributed by atoms with E-state index in [-0.39, 0.29) is 0 Å². The molecule has 1 aromatic carbocycles. The van der Waals surface area contributed by atoms with E-state index in [1.165, 1.54) is 0 Å². The molecule has 0 spiro atoms. The van der Waals surface area contributed by atoms with Crippen molar-refractivity contribution in [2.24, 2.45) is 0 Å². The molecule has 0 unspecified atom stereocenters. The molecular formula is C18H32N4. The smallest absolute Gasteiger partial charge is 0.229 e. The van der Waals surface area contributed by atoms with Crippen LogP contribution in [-0.2, 0) is 0 Å². The van der Waals surface area contributed by atoms with Gasteiger partial charge in [-0.05, 0) is 19.1 Å². The van der Waals surface area contributed by atoms with E-state index < -0.39 is 0 Å². The Balaban J connectivity index is 0. The van der Waals surface area contributed by atoms with Gasteiger partial charge in [-0.15, -0.1) is 0 Å². The zero-order chi connectivity index (χ0) is 17.4. The van der Waals surface area contributed by atoms with E-state index in [0.717, 1.165) is 17.1 Å². The Bertz CT molecular complexity index is 470. The highest BCUT2D eigenvalue weighted by atomic mass is 15.1. The van der Waals surface area contributed by atoms with Gasteiger partial charge in [0.05, 0.1) is 0 Å². The van der Waals surface area contributed by atoms with Gasteiger partial charge in [0.1, 0.15) is 5.82 Å². The first-order chi connectivity index (χ1) is 10.8. The van der Waals surface area contributed by atoms with Crippen molar-refractivity contribution in [1.29, 1.82) is 0 Å². The lowest BCUT2D eigenvalue weighted by Gasteiger charge is -2.07. The average molecular weight is 304 g/mol. The van der Waals surface area contributed by atoms with E-state index >= 15 is 0 Å². The molecule has 0 radical (unpaired) electrons. The highest BCUT2D eigenvalue weighted by Gasteiger charge is 2.01. The molecule has 0 aliphatic carbocycles. The summed E-state index contributed by atoms with van der Waals surface area (Å²) in [6, 6.07) is 9.86. The molecule has 0 aliphatic rings. The first kappa shape index (κ1) is 22.2. The molecule has 124 valence electrons. The third kappa shape index (κ3) is 8.25. The summed E-state index contributed by atoms with van der Waals surface area (Å²) in [6.45, 7) is 14.0. The van der Waals surface area contributed by atoms with Crippen LogP contribution in [0.5, 0.6) is 0 Å². The first-order valence-corrected chi connectivity index (χ1v) is 8.13. The van der Waals surface area contributed by atoms with Crippen molar-refractivity contribution in [2.75, 3.05) is 17.7 Å². The molecule has 4 heteroatoms. The van der Waals surface area contributed by atoms with Gasteiger partial charge in [0.2, 0.25) is 5.95 Å². The van der Waals surface area contributed by atoms with E-state index in [1.807, 2.05) is 85.8 Å². The van der Waals surface area contributed by atoms with Crippen LogP contribution in [-0.4, -0.2) is 17.0 Å². The predicted molar refractivity (Wildman–Crippen MR) is 100 cm³/mol. The Hall–Kier alpha value is -2.10. The fraction of sp³-hybridized carbons (Fsp3) is 0.444. The van der Waals surface area contributed by atoms with E-state index in [4.69, 9.17) is 0 Å². The summed E-state index contributed by atoms with van der Waals surface area (Å²) in [5.74, 6) is 1.44. The van der Waals surface area contributed by atoms with Crippen LogP contribution in [0.4, 0.5) is 17.5 Å². The molecule has 22 heavy (non-hydrogen) atoms. The Morgan fingerprint density at radius 2 is 1.41 bits per heavy atom. The number of para-hydroxylation sites is 1. The van der Waals surface area contributed by atoms with Crippen LogP contribution in [0.1, 0.15) is 47.1 Å². The van der Waals surface area contributed by atoms with Crippen molar-refractivity contribution in [3.05, 3.63) is 42.1 Å². The monoisotopic (exact) mass is 304 g/mol. The molecule has 0 saturated carbocycles. The molecule has 2 aromatic rings. The number of nitrogens with zero attached hydrogens (tertiary/aromatic N) is 2. The largest absolute Gasteiger partial charge is 0.373 e. The summed E-state index contributed by atoms with van der Waals surface area (Å²) in [7, 11) is 1.85. The number of rotatable bonds is 3. The quantitative estimate of drug-likeness (QED) is 0.769. The Morgan fingerprint density at radius 1 is 0.864 bits per heavy atom. The van der Waals surface area contributed by atoms with Gasteiger partial charge in [0.25, 0.3) is 0 Å². The molecule has 0 amide bonds. The van der Waals surface area contributed by atoms with Crippen LogP contribution in [0.25, 0.3) is 0 Å². The van der Waals surface area contributed by atoms with Crippen molar-refractivity contribution in [2.45, 2.75) is 48.5 Å². The molecular weight excluding hydrogens is 272 g/mol. The third-order valence-electron chi connectivity index (χ3n) is 2.24. The predicted octanol–water partition coefficient (Wildman–Crippen LogP) is 5.65. The van der Waals surface area contributed by atoms with Gasteiger partial charge >= 0.3 is 0 Å². The van der Waals surface area contributed by atoms with E-state index in [2.05, 4.69) is 20.6 Å². The Kier molecular flexibility index (Phi) is 15.4. The summed E-state index contributed by atoms with van der Waals surface area (Å²) in [5, 5.41) is 6.17. The maximum Gasteiger partial charge on any atom is 0.229 e. The number of hydrogen-bond acceptors (Lipinski definition) is 4. The second-order valence-electron chi connectivity index (χ2n) is 3.47. The normalized spacial score (nSPS) is 8.00. The lowest BCUT2D eigenvalue weighted by atomic mass is 10.3. The molecule has 1 heterocycles. The van der Waals surface area contributed by atoms with Gasteiger partial charge in [-0.2, -0.15) is 4.98 Å². The lowest BCUT2D eigenvalue weighted by Crippen LogP contribution is -2.02. The number of benzene rings is 1. The SMILES string of the molecule is CC.CC.CC.CNc1nc(Nc2ccccc2)ncc1C. The van der Waals surface area contributed by atoms with Gasteiger partial charge in [-0.25, -0.2) is 4.98 Å². The number of nitrogens with one attached hydrogen (secondary N) is 2. The molecule has 1 aromatic heterocycles. The summed E-state index contributed by atoms with van der Waals surface area (Å²) in [5.41, 5.74) is 2.01. The van der Waals surface area contributed by atoms with Gasteiger partial charge in [0.15, 0.2) is 0 Å². The summed E-state index contributed by atoms with van der Waals surface area (Å²) in [6.07, 6.45) is 1.80. The zero-order valence-corrected chi connectivity index (χ0v) is 15.4. The Morgan fingerprint density at radius 3 is 1.91 bits per heavy atom. The minimum atomic E-state index is 0.598. The van der Waals surface area contributed by atoms with Crippen LogP contribution in [0.15, 0.2) is 36.5 Å². The summed E-state index contributed by atoms with van der Waals surface area (Å²) >= 11 is 0. The van der Waals surface area contributed by atoms with Gasteiger partial charge < -0.3 is 10.6 Å². The summed E-state index contributed by atoms with van der Waals surface area (Å²) in [4.78, 5) is 8.57. The molecule has 0 atom stereocenters. The molecule has 0 aliphatic heterocycles. The number of anilines is 3. The van der Waals surface area contributed by atoms with Crippen molar-refractivity contribution in [1.82, 2.24) is 9.97 Å². The molecule has 0 fully saturated rings. The fourth-order valence-electron chi connectivity index (χ4n) is 1.41. The van der Waals surface area contributed by atoms with Crippen LogP contribution in [0.3, 0.4) is 0 Å². The second kappa shape index (κ2) is 15.3. The van der Waals surface area contributed by atoms with Gasteiger partial charge in [-0.3, -0.25) is 0 Å². The minimum Gasteiger partial charge on any atom is -0.373 e. The van der Waals surface area contributed by atoms with Crippen LogP contribution in [0.2, 0.25) is 0 Å². The minimum absolute atomic E-state index is 0.598. The molecule has 2 rings (SSSR count). The highest BCUT2D eigenvalue weighted by molar-refractivity contribution is 5.55. The lowest BCUT2D eigenvalue weighted by molar-refractivity contribution is 1.12. The standard InChI is InChI=1S/C12H14N4.3C2H6/c1-9-8-14-12(16-11(9)13-2)15-10-6-4-3-5-7-10;3*1-2/h3-8H,1-2H3,(H2,13,14,15,16);3*1-2H3. The maximum atomic E-state index is 4.35. The average Bonchev–Trinajstić information content (AvgIpc) is 2.63. The maximum absolute atomic E-state index is 4.35. The molecule has 0 bridgehead atoms. The zero-order valence-electron chi connectivity index (χ0n) is 15.4. The van der Waals surface area contributed by atoms with Crippen LogP contribution >= 0.6 is 0 Å².